The predicted octanol–water partition coefficient (Wildman–Crippen LogP) is 2.04. The summed E-state index contributed by atoms with van der Waals surface area (Å²) in [6.45, 7) is 0. The van der Waals surface area contributed by atoms with Crippen molar-refractivity contribution in [2.75, 3.05) is 17.9 Å². The zero-order valence-electron chi connectivity index (χ0n) is 11.4. The van der Waals surface area contributed by atoms with E-state index in [4.69, 9.17) is 5.84 Å². The Bertz CT molecular complexity index is 710. The number of hydrogen-bond acceptors (Lipinski definition) is 8. The molecule has 1 aromatic heterocycles. The van der Waals surface area contributed by atoms with Crippen molar-refractivity contribution in [1.29, 1.82) is 0 Å². The van der Waals surface area contributed by atoms with Crippen LogP contribution in [0.15, 0.2) is 50.3 Å². The Kier molecular flexibility index (Phi) is 5.09. The van der Waals surface area contributed by atoms with Crippen LogP contribution in [0.2, 0.25) is 0 Å². The quantitative estimate of drug-likeness (QED) is 0.280. The lowest BCUT2D eigenvalue weighted by molar-refractivity contribution is 0.602. The number of anilines is 1. The summed E-state index contributed by atoms with van der Waals surface area (Å²) in [5.41, 5.74) is 2.50. The van der Waals surface area contributed by atoms with E-state index in [1.54, 1.807) is 30.3 Å². The number of hydrogen-bond donors (Lipinski definition) is 2. The number of thioether (sulfide) groups is 1. The lowest BCUT2D eigenvalue weighted by Gasteiger charge is -2.06. The van der Waals surface area contributed by atoms with Crippen molar-refractivity contribution in [3.05, 3.63) is 30.3 Å². The number of nitrogens with one attached hydrogen (secondary N) is 1. The van der Waals surface area contributed by atoms with Gasteiger partial charge in [0.05, 0.1) is 4.90 Å². The van der Waals surface area contributed by atoms with Crippen molar-refractivity contribution in [2.24, 2.45) is 5.84 Å². The molecule has 1 heterocycles. The number of aromatic nitrogens is 2. The molecule has 0 aliphatic heterocycles. The molecular weight excluding hydrogens is 328 g/mol. The van der Waals surface area contributed by atoms with Gasteiger partial charge in [-0.15, -0.1) is 0 Å². The van der Waals surface area contributed by atoms with Gasteiger partial charge in [0.1, 0.15) is 10.8 Å². The first-order chi connectivity index (χ1) is 9.92. The third-order valence-electron chi connectivity index (χ3n) is 2.49. The monoisotopic (exact) mass is 342 g/mol. The van der Waals surface area contributed by atoms with E-state index in [0.717, 1.165) is 9.92 Å². The highest BCUT2D eigenvalue weighted by Crippen LogP contribution is 2.29. The Morgan fingerprint density at radius 3 is 2.38 bits per heavy atom. The normalized spacial score (nSPS) is 11.4. The molecule has 0 amide bonds. The number of benzene rings is 1. The number of sulfone groups is 1. The Hall–Kier alpha value is -1.29. The molecule has 0 saturated carbocycles. The standard InChI is InChI=1S/C12H14N4O2S3/c1-19-12-14-10(16-13)7-11(15-12)20-8-3-5-9(6-4-8)21(2,17)18/h3-7H,13H2,1-2H3,(H,14,15,16). The summed E-state index contributed by atoms with van der Waals surface area (Å²) in [5, 5.41) is 1.34. The van der Waals surface area contributed by atoms with E-state index in [1.165, 1.54) is 29.8 Å². The molecule has 0 radical (unpaired) electrons. The number of rotatable bonds is 5. The van der Waals surface area contributed by atoms with Gasteiger partial charge >= 0.3 is 0 Å². The molecule has 21 heavy (non-hydrogen) atoms. The van der Waals surface area contributed by atoms with Crippen molar-refractivity contribution in [1.82, 2.24) is 9.97 Å². The van der Waals surface area contributed by atoms with E-state index in [1.807, 2.05) is 6.26 Å². The summed E-state index contributed by atoms with van der Waals surface area (Å²) < 4.78 is 22.8. The molecule has 3 N–H and O–H groups in total. The molecule has 2 aromatic rings. The summed E-state index contributed by atoms with van der Waals surface area (Å²) in [4.78, 5) is 9.73. The van der Waals surface area contributed by atoms with Crippen LogP contribution in [0.3, 0.4) is 0 Å². The molecule has 112 valence electrons. The molecule has 0 fully saturated rings. The fourth-order valence-corrected chi connectivity index (χ4v) is 3.38. The van der Waals surface area contributed by atoms with Crippen LogP contribution < -0.4 is 11.3 Å². The second-order valence-corrected chi connectivity index (χ2v) is 7.95. The molecule has 0 aliphatic carbocycles. The topological polar surface area (TPSA) is 98.0 Å². The van der Waals surface area contributed by atoms with E-state index in [-0.39, 0.29) is 0 Å². The molecule has 0 bridgehead atoms. The van der Waals surface area contributed by atoms with Crippen LogP contribution in [0.5, 0.6) is 0 Å². The number of nitrogens with two attached hydrogens (primary N) is 1. The minimum absolute atomic E-state index is 0.295. The second-order valence-electron chi connectivity index (χ2n) is 4.07. The average Bonchev–Trinajstić information content (AvgIpc) is 2.46. The maximum absolute atomic E-state index is 11.4. The summed E-state index contributed by atoms with van der Waals surface area (Å²) in [5.74, 6) is 5.91. The van der Waals surface area contributed by atoms with Crippen molar-refractivity contribution >= 4 is 39.2 Å². The first kappa shape index (κ1) is 16.1. The fraction of sp³-hybridized carbons (Fsp3) is 0.167. The van der Waals surface area contributed by atoms with Gasteiger partial charge in [-0.05, 0) is 30.5 Å². The number of hydrazine groups is 1. The zero-order valence-corrected chi connectivity index (χ0v) is 13.8. The predicted molar refractivity (Wildman–Crippen MR) is 85.3 cm³/mol. The van der Waals surface area contributed by atoms with E-state index >= 15 is 0 Å². The fourth-order valence-electron chi connectivity index (χ4n) is 1.50. The average molecular weight is 342 g/mol. The van der Waals surface area contributed by atoms with Gasteiger partial charge in [0.2, 0.25) is 0 Å². The second kappa shape index (κ2) is 6.65. The first-order valence-electron chi connectivity index (χ1n) is 5.80. The van der Waals surface area contributed by atoms with E-state index in [9.17, 15) is 8.42 Å². The van der Waals surface area contributed by atoms with Crippen LogP contribution in [0.25, 0.3) is 0 Å². The van der Waals surface area contributed by atoms with Crippen LogP contribution in [-0.2, 0) is 9.84 Å². The Morgan fingerprint density at radius 1 is 1.19 bits per heavy atom. The smallest absolute Gasteiger partial charge is 0.190 e. The highest BCUT2D eigenvalue weighted by molar-refractivity contribution is 7.99. The third-order valence-corrected chi connectivity index (χ3v) is 5.09. The highest BCUT2D eigenvalue weighted by Gasteiger charge is 2.08. The molecule has 1 aromatic carbocycles. The van der Waals surface area contributed by atoms with E-state index < -0.39 is 9.84 Å². The van der Waals surface area contributed by atoms with Gasteiger partial charge in [0, 0.05) is 17.2 Å². The van der Waals surface area contributed by atoms with Gasteiger partial charge in [-0.1, -0.05) is 23.5 Å². The van der Waals surface area contributed by atoms with Gasteiger partial charge in [-0.25, -0.2) is 24.2 Å². The maximum atomic E-state index is 11.4. The number of nitrogens with zero attached hydrogens (tertiary/aromatic N) is 2. The summed E-state index contributed by atoms with van der Waals surface area (Å²) >= 11 is 2.83. The molecular formula is C12H14N4O2S3. The lowest BCUT2D eigenvalue weighted by Crippen LogP contribution is -2.09. The van der Waals surface area contributed by atoms with E-state index in [0.29, 0.717) is 15.9 Å². The van der Waals surface area contributed by atoms with Crippen molar-refractivity contribution in [3.63, 3.8) is 0 Å². The van der Waals surface area contributed by atoms with Gasteiger partial charge in [0.25, 0.3) is 0 Å². The SMILES string of the molecule is CSc1nc(NN)cc(Sc2ccc(S(C)(=O)=O)cc2)n1. The van der Waals surface area contributed by atoms with Gasteiger partial charge in [-0.3, -0.25) is 0 Å². The van der Waals surface area contributed by atoms with Crippen LogP contribution in [0, 0.1) is 0 Å². The molecule has 9 heteroatoms. The maximum Gasteiger partial charge on any atom is 0.190 e. The highest BCUT2D eigenvalue weighted by atomic mass is 32.2. The summed E-state index contributed by atoms with van der Waals surface area (Å²) in [6, 6.07) is 8.39. The first-order valence-corrected chi connectivity index (χ1v) is 9.73. The van der Waals surface area contributed by atoms with Gasteiger partial charge < -0.3 is 5.43 Å². The minimum atomic E-state index is -3.18. The van der Waals surface area contributed by atoms with Crippen molar-refractivity contribution in [2.45, 2.75) is 20.0 Å². The molecule has 6 nitrogen and oxygen atoms in total. The molecule has 0 unspecified atom stereocenters. The molecule has 0 spiro atoms. The van der Waals surface area contributed by atoms with Gasteiger partial charge in [0.15, 0.2) is 15.0 Å². The summed E-state index contributed by atoms with van der Waals surface area (Å²) in [7, 11) is -3.18. The number of nitrogen functional groups attached to an aromatic ring is 1. The van der Waals surface area contributed by atoms with E-state index in [2.05, 4.69) is 15.4 Å². The van der Waals surface area contributed by atoms with Gasteiger partial charge in [-0.2, -0.15) is 0 Å². The zero-order chi connectivity index (χ0) is 15.5. The Labute approximate surface area is 131 Å². The Balaban J connectivity index is 2.25. The third kappa shape index (κ3) is 4.34. The van der Waals surface area contributed by atoms with Crippen LogP contribution in [-0.4, -0.2) is 30.9 Å². The van der Waals surface area contributed by atoms with Crippen molar-refractivity contribution < 1.29 is 8.42 Å². The molecule has 0 saturated heterocycles. The molecule has 2 rings (SSSR count). The summed E-state index contributed by atoms with van der Waals surface area (Å²) in [6.07, 6.45) is 3.06. The van der Waals surface area contributed by atoms with Crippen LogP contribution in [0.1, 0.15) is 0 Å². The van der Waals surface area contributed by atoms with Crippen LogP contribution >= 0.6 is 23.5 Å². The largest absolute Gasteiger partial charge is 0.308 e. The Morgan fingerprint density at radius 2 is 1.86 bits per heavy atom. The van der Waals surface area contributed by atoms with Crippen LogP contribution in [0.4, 0.5) is 5.82 Å². The van der Waals surface area contributed by atoms with Crippen molar-refractivity contribution in [3.8, 4) is 0 Å². The minimum Gasteiger partial charge on any atom is -0.308 e. The molecule has 0 atom stereocenters. The molecule has 0 aliphatic rings. The lowest BCUT2D eigenvalue weighted by atomic mass is 10.4.